The van der Waals surface area contributed by atoms with Crippen molar-refractivity contribution in [2.75, 3.05) is 31.1 Å². The summed E-state index contributed by atoms with van der Waals surface area (Å²) in [5.41, 5.74) is 1.16. The number of amides is 1. The first kappa shape index (κ1) is 18.9. The van der Waals surface area contributed by atoms with Gasteiger partial charge < -0.3 is 9.80 Å². The minimum atomic E-state index is -0.112. The molecule has 3 aromatic heterocycles. The van der Waals surface area contributed by atoms with E-state index in [9.17, 15) is 4.79 Å². The standard InChI is InChI=1S/C21H21N9O/c1-16-22-9-10-29(16)20-8-7-19(24-25-20)27-11-13-28(14-12-27)21(31)18-15-23-30(26-18)17-5-3-2-4-6-17/h2-10,15H,11-14H2,1H3. The van der Waals surface area contributed by atoms with Gasteiger partial charge in [-0.1, -0.05) is 18.2 Å². The number of nitrogens with zero attached hydrogens (tertiary/aromatic N) is 9. The normalized spacial score (nSPS) is 14.1. The summed E-state index contributed by atoms with van der Waals surface area (Å²) in [5, 5.41) is 17.3. The van der Waals surface area contributed by atoms with Gasteiger partial charge in [0, 0.05) is 38.6 Å². The van der Waals surface area contributed by atoms with E-state index >= 15 is 0 Å². The van der Waals surface area contributed by atoms with E-state index in [1.54, 1.807) is 11.1 Å². The van der Waals surface area contributed by atoms with Crippen molar-refractivity contribution in [1.82, 2.24) is 39.6 Å². The molecule has 0 atom stereocenters. The fraction of sp³-hybridized carbons (Fsp3) is 0.238. The van der Waals surface area contributed by atoms with Crippen LogP contribution in [0.15, 0.2) is 61.1 Å². The Balaban J connectivity index is 1.22. The Labute approximate surface area is 178 Å². The van der Waals surface area contributed by atoms with Gasteiger partial charge in [0.05, 0.1) is 11.9 Å². The van der Waals surface area contributed by atoms with Crippen LogP contribution in [-0.4, -0.2) is 71.7 Å². The molecule has 0 N–H and O–H groups in total. The van der Waals surface area contributed by atoms with Gasteiger partial charge in [-0.05, 0) is 31.2 Å². The summed E-state index contributed by atoms with van der Waals surface area (Å²) in [4.78, 5) is 22.5. The summed E-state index contributed by atoms with van der Waals surface area (Å²) in [6.45, 7) is 4.44. The minimum absolute atomic E-state index is 0.112. The van der Waals surface area contributed by atoms with Crippen LogP contribution in [-0.2, 0) is 0 Å². The van der Waals surface area contributed by atoms with Crippen LogP contribution in [0, 0.1) is 6.92 Å². The van der Waals surface area contributed by atoms with Crippen LogP contribution in [0.3, 0.4) is 0 Å². The number of carbonyl (C=O) groups is 1. The molecule has 0 saturated carbocycles. The monoisotopic (exact) mass is 415 g/mol. The van der Waals surface area contributed by atoms with Crippen molar-refractivity contribution in [3.63, 3.8) is 0 Å². The Hall–Kier alpha value is -4.08. The quantitative estimate of drug-likeness (QED) is 0.498. The summed E-state index contributed by atoms with van der Waals surface area (Å²) < 4.78 is 1.88. The van der Waals surface area contributed by atoms with Gasteiger partial charge in [0.1, 0.15) is 5.82 Å². The van der Waals surface area contributed by atoms with E-state index in [2.05, 4.69) is 30.3 Å². The molecule has 1 fully saturated rings. The second kappa shape index (κ2) is 7.98. The first-order chi connectivity index (χ1) is 15.2. The fourth-order valence-electron chi connectivity index (χ4n) is 3.58. The van der Waals surface area contributed by atoms with Crippen molar-refractivity contribution >= 4 is 11.7 Å². The number of anilines is 1. The van der Waals surface area contributed by atoms with Gasteiger partial charge in [-0.3, -0.25) is 9.36 Å². The van der Waals surface area contributed by atoms with E-state index in [0.717, 1.165) is 23.1 Å². The van der Waals surface area contributed by atoms with E-state index in [-0.39, 0.29) is 5.91 Å². The molecule has 4 heterocycles. The highest BCUT2D eigenvalue weighted by Crippen LogP contribution is 2.16. The molecule has 4 aromatic rings. The Bertz CT molecular complexity index is 1180. The second-order valence-electron chi connectivity index (χ2n) is 7.23. The summed E-state index contributed by atoms with van der Waals surface area (Å²) in [6, 6.07) is 13.4. The molecule has 0 bridgehead atoms. The molecule has 156 valence electrons. The number of para-hydroxylation sites is 1. The topological polar surface area (TPSA) is 97.9 Å². The van der Waals surface area contributed by atoms with Gasteiger partial charge >= 0.3 is 0 Å². The van der Waals surface area contributed by atoms with Crippen LogP contribution >= 0.6 is 0 Å². The third-order valence-electron chi connectivity index (χ3n) is 5.30. The highest BCUT2D eigenvalue weighted by Gasteiger charge is 2.25. The van der Waals surface area contributed by atoms with Crippen LogP contribution < -0.4 is 4.90 Å². The zero-order chi connectivity index (χ0) is 21.2. The van der Waals surface area contributed by atoms with Crippen molar-refractivity contribution < 1.29 is 4.79 Å². The van der Waals surface area contributed by atoms with Crippen molar-refractivity contribution in [3.8, 4) is 11.5 Å². The molecule has 10 heteroatoms. The second-order valence-corrected chi connectivity index (χ2v) is 7.23. The number of hydrogen-bond donors (Lipinski definition) is 0. The smallest absolute Gasteiger partial charge is 0.276 e. The van der Waals surface area contributed by atoms with E-state index in [1.165, 1.54) is 11.0 Å². The molecule has 1 amide bonds. The molecular formula is C21H21N9O. The fourth-order valence-corrected chi connectivity index (χ4v) is 3.58. The predicted molar refractivity (Wildman–Crippen MR) is 113 cm³/mol. The third-order valence-corrected chi connectivity index (χ3v) is 5.30. The number of rotatable bonds is 4. The number of aromatic nitrogens is 7. The van der Waals surface area contributed by atoms with Gasteiger partial charge in [-0.2, -0.15) is 9.90 Å². The van der Waals surface area contributed by atoms with Gasteiger partial charge in [0.15, 0.2) is 17.3 Å². The average molecular weight is 415 g/mol. The molecule has 1 aromatic carbocycles. The molecule has 10 nitrogen and oxygen atoms in total. The molecule has 0 aliphatic carbocycles. The Morgan fingerprint density at radius 1 is 0.935 bits per heavy atom. The van der Waals surface area contributed by atoms with Gasteiger partial charge in [-0.25, -0.2) is 4.98 Å². The lowest BCUT2D eigenvalue weighted by Crippen LogP contribution is -2.49. The molecule has 0 radical (unpaired) electrons. The number of carbonyl (C=O) groups excluding carboxylic acids is 1. The van der Waals surface area contributed by atoms with Gasteiger partial charge in [0.2, 0.25) is 0 Å². The Morgan fingerprint density at radius 3 is 2.35 bits per heavy atom. The van der Waals surface area contributed by atoms with Gasteiger partial charge in [0.25, 0.3) is 5.91 Å². The lowest BCUT2D eigenvalue weighted by atomic mass is 10.3. The maximum absolute atomic E-state index is 12.9. The van der Waals surface area contributed by atoms with Crippen LogP contribution in [0.1, 0.15) is 16.3 Å². The Morgan fingerprint density at radius 2 is 1.68 bits per heavy atom. The molecule has 0 spiro atoms. The van der Waals surface area contributed by atoms with Crippen LogP contribution in [0.2, 0.25) is 0 Å². The zero-order valence-corrected chi connectivity index (χ0v) is 17.0. The first-order valence-corrected chi connectivity index (χ1v) is 10.0. The molecule has 5 rings (SSSR count). The number of benzene rings is 1. The maximum atomic E-state index is 12.9. The van der Waals surface area contributed by atoms with E-state index in [4.69, 9.17) is 0 Å². The Kier molecular flexibility index (Phi) is 4.87. The molecule has 1 saturated heterocycles. The van der Waals surface area contributed by atoms with Crippen LogP contribution in [0.25, 0.3) is 11.5 Å². The summed E-state index contributed by atoms with van der Waals surface area (Å²) >= 11 is 0. The predicted octanol–water partition coefficient (Wildman–Crippen LogP) is 1.51. The molecule has 0 unspecified atom stereocenters. The van der Waals surface area contributed by atoms with Crippen molar-refractivity contribution in [3.05, 3.63) is 72.6 Å². The third kappa shape index (κ3) is 3.75. The lowest BCUT2D eigenvalue weighted by Gasteiger charge is -2.34. The van der Waals surface area contributed by atoms with E-state index in [0.29, 0.717) is 31.9 Å². The van der Waals surface area contributed by atoms with Crippen LogP contribution in [0.4, 0.5) is 5.82 Å². The first-order valence-electron chi connectivity index (χ1n) is 10.0. The summed E-state index contributed by atoms with van der Waals surface area (Å²) in [6.07, 6.45) is 5.11. The number of aryl methyl sites for hydroxylation is 1. The summed E-state index contributed by atoms with van der Waals surface area (Å²) in [5.74, 6) is 2.27. The average Bonchev–Trinajstić information content (AvgIpc) is 3.49. The molecule has 1 aliphatic rings. The number of imidazole rings is 1. The molecule has 31 heavy (non-hydrogen) atoms. The van der Waals surface area contributed by atoms with Gasteiger partial charge in [-0.15, -0.1) is 15.3 Å². The SMILES string of the molecule is Cc1nccn1-c1ccc(N2CCN(C(=O)c3cnn(-c4ccccc4)n3)CC2)nn1. The van der Waals surface area contributed by atoms with Crippen LogP contribution in [0.5, 0.6) is 0 Å². The number of piperazine rings is 1. The lowest BCUT2D eigenvalue weighted by molar-refractivity contribution is 0.0740. The summed E-state index contributed by atoms with van der Waals surface area (Å²) in [7, 11) is 0. The minimum Gasteiger partial charge on any atom is -0.352 e. The van der Waals surface area contributed by atoms with Crippen molar-refractivity contribution in [2.45, 2.75) is 6.92 Å². The van der Waals surface area contributed by atoms with Crippen molar-refractivity contribution in [2.24, 2.45) is 0 Å². The highest BCUT2D eigenvalue weighted by atomic mass is 16.2. The maximum Gasteiger partial charge on any atom is 0.276 e. The van der Waals surface area contributed by atoms with Crippen molar-refractivity contribution in [1.29, 1.82) is 0 Å². The number of hydrogen-bond acceptors (Lipinski definition) is 7. The largest absolute Gasteiger partial charge is 0.352 e. The highest BCUT2D eigenvalue weighted by molar-refractivity contribution is 5.92. The molecular weight excluding hydrogens is 394 g/mol. The zero-order valence-electron chi connectivity index (χ0n) is 17.0. The van der Waals surface area contributed by atoms with E-state index < -0.39 is 0 Å². The molecule has 1 aliphatic heterocycles. The van der Waals surface area contributed by atoms with E-state index in [1.807, 2.05) is 60.2 Å².